The Morgan fingerprint density at radius 2 is 1.92 bits per heavy atom. The Morgan fingerprint density at radius 3 is 2.62 bits per heavy atom. The molecule has 1 saturated carbocycles. The predicted molar refractivity (Wildman–Crippen MR) is 81.6 cm³/mol. The minimum atomic E-state index is -1.16. The van der Waals surface area contributed by atoms with Crippen molar-refractivity contribution in [3.8, 4) is 0 Å². The molecule has 0 aliphatic heterocycles. The Labute approximate surface area is 137 Å². The fourth-order valence-electron chi connectivity index (χ4n) is 2.81. The van der Waals surface area contributed by atoms with Crippen LogP contribution in [0, 0.1) is 23.4 Å². The van der Waals surface area contributed by atoms with Crippen LogP contribution in [0.3, 0.4) is 0 Å². The first-order valence-electron chi connectivity index (χ1n) is 7.62. The number of hydrogen-bond donors (Lipinski definition) is 2. The number of amides is 1. The molecule has 2 aromatic carbocycles. The van der Waals surface area contributed by atoms with Gasteiger partial charge in [0.05, 0.1) is 6.10 Å². The van der Waals surface area contributed by atoms with Gasteiger partial charge in [0.2, 0.25) is 5.91 Å². The first kappa shape index (κ1) is 16.5. The lowest BCUT2D eigenvalue weighted by molar-refractivity contribution is -0.122. The smallest absolute Gasteiger partial charge is 0.223 e. The molecule has 0 bridgehead atoms. The van der Waals surface area contributed by atoms with Crippen molar-refractivity contribution in [1.29, 1.82) is 0 Å². The molecule has 0 aromatic heterocycles. The molecule has 3 unspecified atom stereocenters. The van der Waals surface area contributed by atoms with E-state index in [0.29, 0.717) is 12.0 Å². The van der Waals surface area contributed by atoms with Gasteiger partial charge in [-0.05, 0) is 30.0 Å². The van der Waals surface area contributed by atoms with Crippen molar-refractivity contribution in [2.75, 3.05) is 6.54 Å². The van der Waals surface area contributed by atoms with Crippen LogP contribution in [0.15, 0.2) is 42.5 Å². The van der Waals surface area contributed by atoms with E-state index in [-0.39, 0.29) is 23.9 Å². The predicted octanol–water partition coefficient (Wildman–Crippen LogP) is 3.06. The van der Waals surface area contributed by atoms with E-state index in [9.17, 15) is 23.1 Å². The van der Waals surface area contributed by atoms with Gasteiger partial charge in [0.25, 0.3) is 0 Å². The molecule has 0 spiro atoms. The number of hydrogen-bond acceptors (Lipinski definition) is 2. The third-order valence-electron chi connectivity index (χ3n) is 4.22. The molecule has 1 fully saturated rings. The summed E-state index contributed by atoms with van der Waals surface area (Å²) >= 11 is 0. The number of aliphatic hydroxyl groups excluding tert-OH is 1. The van der Waals surface area contributed by atoms with E-state index in [4.69, 9.17) is 0 Å². The van der Waals surface area contributed by atoms with Crippen molar-refractivity contribution >= 4 is 5.91 Å². The van der Waals surface area contributed by atoms with Crippen LogP contribution in [0.2, 0.25) is 0 Å². The third-order valence-corrected chi connectivity index (χ3v) is 4.22. The maximum absolute atomic E-state index is 13.7. The van der Waals surface area contributed by atoms with Crippen molar-refractivity contribution < 1.29 is 23.1 Å². The van der Waals surface area contributed by atoms with Gasteiger partial charge in [0.1, 0.15) is 17.5 Å². The number of benzene rings is 2. The molecule has 2 N–H and O–H groups in total. The van der Waals surface area contributed by atoms with Gasteiger partial charge in [-0.15, -0.1) is 0 Å². The van der Waals surface area contributed by atoms with Gasteiger partial charge in [-0.2, -0.15) is 0 Å². The van der Waals surface area contributed by atoms with E-state index < -0.39 is 29.5 Å². The van der Waals surface area contributed by atoms with Crippen LogP contribution in [0.1, 0.15) is 29.6 Å². The second-order valence-corrected chi connectivity index (χ2v) is 5.90. The first-order valence-corrected chi connectivity index (χ1v) is 7.62. The molecule has 0 radical (unpaired) electrons. The van der Waals surface area contributed by atoms with Crippen molar-refractivity contribution in [3.63, 3.8) is 0 Å². The lowest BCUT2D eigenvalue weighted by atomic mass is 10.1. The summed E-state index contributed by atoms with van der Waals surface area (Å²) in [5.74, 6) is -2.92. The van der Waals surface area contributed by atoms with E-state index in [1.165, 1.54) is 24.3 Å². The fraction of sp³-hybridized carbons (Fsp3) is 0.278. The molecule has 1 aliphatic carbocycles. The monoisotopic (exact) mass is 335 g/mol. The summed E-state index contributed by atoms with van der Waals surface area (Å²) in [6.07, 6.45) is -0.695. The maximum Gasteiger partial charge on any atom is 0.223 e. The van der Waals surface area contributed by atoms with Gasteiger partial charge >= 0.3 is 0 Å². The Bertz CT molecular complexity index is 766. The van der Waals surface area contributed by atoms with Crippen molar-refractivity contribution in [2.24, 2.45) is 5.92 Å². The molecular formula is C18H16F3NO2. The number of halogens is 3. The molecule has 24 heavy (non-hydrogen) atoms. The van der Waals surface area contributed by atoms with Crippen molar-refractivity contribution in [1.82, 2.24) is 5.32 Å². The molecule has 1 aliphatic rings. The largest absolute Gasteiger partial charge is 0.386 e. The van der Waals surface area contributed by atoms with Crippen LogP contribution in [-0.2, 0) is 4.79 Å². The zero-order chi connectivity index (χ0) is 17.3. The zero-order valence-electron chi connectivity index (χ0n) is 12.7. The summed E-state index contributed by atoms with van der Waals surface area (Å²) in [5, 5.41) is 12.5. The average Bonchev–Trinajstić information content (AvgIpc) is 3.33. The molecule has 3 atom stereocenters. The fourth-order valence-corrected chi connectivity index (χ4v) is 2.81. The van der Waals surface area contributed by atoms with Gasteiger partial charge in [0.15, 0.2) is 0 Å². The molecule has 126 valence electrons. The van der Waals surface area contributed by atoms with Gasteiger partial charge in [-0.3, -0.25) is 4.79 Å². The molecule has 3 rings (SSSR count). The minimum absolute atomic E-state index is 0.106. The SMILES string of the molecule is O=C(NCC(O)c1ccccc1F)C1CC1c1ccc(F)cc1F. The second-order valence-electron chi connectivity index (χ2n) is 5.90. The summed E-state index contributed by atoms with van der Waals surface area (Å²) in [7, 11) is 0. The lowest BCUT2D eigenvalue weighted by Gasteiger charge is -2.13. The molecule has 2 aromatic rings. The van der Waals surface area contributed by atoms with Crippen LogP contribution in [0.25, 0.3) is 0 Å². The number of carbonyl (C=O) groups excluding carboxylic acids is 1. The highest BCUT2D eigenvalue weighted by Gasteiger charge is 2.45. The highest BCUT2D eigenvalue weighted by atomic mass is 19.1. The van der Waals surface area contributed by atoms with Crippen LogP contribution in [-0.4, -0.2) is 17.6 Å². The summed E-state index contributed by atoms with van der Waals surface area (Å²) in [4.78, 5) is 12.1. The standard InChI is InChI=1S/C18H16F3NO2/c19-10-5-6-11(16(21)7-10)13-8-14(13)18(24)22-9-17(23)12-3-1-2-4-15(12)20/h1-7,13-14,17,23H,8-9H2,(H,22,24). The van der Waals surface area contributed by atoms with Crippen LogP contribution in [0.4, 0.5) is 13.2 Å². The average molecular weight is 335 g/mol. The topological polar surface area (TPSA) is 49.3 Å². The number of rotatable bonds is 5. The van der Waals surface area contributed by atoms with E-state index >= 15 is 0 Å². The van der Waals surface area contributed by atoms with Gasteiger partial charge < -0.3 is 10.4 Å². The van der Waals surface area contributed by atoms with E-state index in [0.717, 1.165) is 12.1 Å². The molecular weight excluding hydrogens is 319 g/mol. The maximum atomic E-state index is 13.7. The van der Waals surface area contributed by atoms with Gasteiger partial charge in [0, 0.05) is 24.1 Å². The normalized spacial score (nSPS) is 20.5. The number of carbonyl (C=O) groups is 1. The third kappa shape index (κ3) is 3.43. The summed E-state index contributed by atoms with van der Waals surface area (Å²) in [6, 6.07) is 9.08. The molecule has 0 saturated heterocycles. The molecule has 6 heteroatoms. The second kappa shape index (κ2) is 6.65. The van der Waals surface area contributed by atoms with E-state index in [1.807, 2.05) is 0 Å². The van der Waals surface area contributed by atoms with Crippen LogP contribution >= 0.6 is 0 Å². The molecule has 3 nitrogen and oxygen atoms in total. The number of aliphatic hydroxyl groups is 1. The molecule has 1 amide bonds. The first-order chi connectivity index (χ1) is 11.5. The molecule has 0 heterocycles. The van der Waals surface area contributed by atoms with E-state index in [1.54, 1.807) is 6.07 Å². The number of nitrogens with one attached hydrogen (secondary N) is 1. The quantitative estimate of drug-likeness (QED) is 0.882. The Morgan fingerprint density at radius 1 is 1.17 bits per heavy atom. The van der Waals surface area contributed by atoms with Gasteiger partial charge in [-0.25, -0.2) is 13.2 Å². The summed E-state index contributed by atoms with van der Waals surface area (Å²) < 4.78 is 40.2. The Kier molecular flexibility index (Phi) is 4.57. The highest BCUT2D eigenvalue weighted by molar-refractivity contribution is 5.82. The van der Waals surface area contributed by atoms with Crippen molar-refractivity contribution in [3.05, 3.63) is 71.0 Å². The van der Waals surface area contributed by atoms with Crippen molar-refractivity contribution in [2.45, 2.75) is 18.4 Å². The van der Waals surface area contributed by atoms with Gasteiger partial charge in [-0.1, -0.05) is 24.3 Å². The lowest BCUT2D eigenvalue weighted by Crippen LogP contribution is -2.30. The Balaban J connectivity index is 1.56. The summed E-state index contributed by atoms with van der Waals surface area (Å²) in [5.41, 5.74) is 0.418. The highest BCUT2D eigenvalue weighted by Crippen LogP contribution is 2.48. The van der Waals surface area contributed by atoms with Crippen LogP contribution < -0.4 is 5.32 Å². The Hall–Kier alpha value is -2.34. The minimum Gasteiger partial charge on any atom is -0.386 e. The van der Waals surface area contributed by atoms with Crippen LogP contribution in [0.5, 0.6) is 0 Å². The zero-order valence-corrected chi connectivity index (χ0v) is 12.7. The summed E-state index contributed by atoms with van der Waals surface area (Å²) in [6.45, 7) is -0.130. The van der Waals surface area contributed by atoms with E-state index in [2.05, 4.69) is 5.32 Å².